The van der Waals surface area contributed by atoms with Crippen LogP contribution in [-0.2, 0) is 15.5 Å². The summed E-state index contributed by atoms with van der Waals surface area (Å²) in [4.78, 5) is 4.54. The topological polar surface area (TPSA) is 59.1 Å². The van der Waals surface area contributed by atoms with E-state index in [4.69, 9.17) is 11.6 Å². The number of pyridine rings is 1. The van der Waals surface area contributed by atoms with Gasteiger partial charge in [-0.1, -0.05) is 29.3 Å². The first kappa shape index (κ1) is 17.6. The molecule has 4 rings (SSSR count). The van der Waals surface area contributed by atoms with Gasteiger partial charge < -0.3 is 5.32 Å². The Labute approximate surface area is 156 Å². The summed E-state index contributed by atoms with van der Waals surface area (Å²) in [5, 5.41) is 4.22. The molecule has 0 amide bonds. The maximum atomic E-state index is 15.8. The zero-order valence-corrected chi connectivity index (χ0v) is 15.7. The Hall–Kier alpha value is -1.76. The van der Waals surface area contributed by atoms with Gasteiger partial charge in [-0.3, -0.25) is 0 Å². The SMILES string of the molecule is Cc1ccc2nc(C3(F)C=CC4CNCCS(=O)(=O)C4=C3)cc(Cl)c2c1. The molecular formula is C19H18ClFN2O2S. The average molecular weight is 393 g/mol. The van der Waals surface area contributed by atoms with Gasteiger partial charge in [0.2, 0.25) is 0 Å². The summed E-state index contributed by atoms with van der Waals surface area (Å²) in [5.74, 6) is -0.394. The first-order valence-electron chi connectivity index (χ1n) is 8.40. The Balaban J connectivity index is 1.87. The summed E-state index contributed by atoms with van der Waals surface area (Å²) >= 11 is 6.36. The van der Waals surface area contributed by atoms with E-state index in [1.54, 1.807) is 12.1 Å². The second-order valence-corrected chi connectivity index (χ2v) is 9.33. The largest absolute Gasteiger partial charge is 0.315 e. The van der Waals surface area contributed by atoms with E-state index in [0.717, 1.165) is 10.9 Å². The van der Waals surface area contributed by atoms with Crippen molar-refractivity contribution in [3.8, 4) is 0 Å². The van der Waals surface area contributed by atoms with Crippen molar-refractivity contribution in [3.63, 3.8) is 0 Å². The van der Waals surface area contributed by atoms with E-state index in [9.17, 15) is 8.42 Å². The lowest BCUT2D eigenvalue weighted by atomic mass is 9.90. The smallest absolute Gasteiger partial charge is 0.190 e. The molecule has 2 aliphatic rings. The molecule has 1 aromatic carbocycles. The van der Waals surface area contributed by atoms with Crippen molar-refractivity contribution in [1.29, 1.82) is 0 Å². The lowest BCUT2D eigenvalue weighted by Gasteiger charge is -2.26. The van der Waals surface area contributed by atoms with Crippen molar-refractivity contribution in [3.05, 3.63) is 63.7 Å². The highest BCUT2D eigenvalue weighted by Crippen LogP contribution is 2.40. The van der Waals surface area contributed by atoms with Crippen LogP contribution < -0.4 is 5.32 Å². The number of aromatic nitrogens is 1. The summed E-state index contributed by atoms with van der Waals surface area (Å²) in [5.41, 5.74) is -0.405. The van der Waals surface area contributed by atoms with Crippen molar-refractivity contribution in [1.82, 2.24) is 10.3 Å². The van der Waals surface area contributed by atoms with Crippen molar-refractivity contribution in [2.75, 3.05) is 18.8 Å². The number of hydrogen-bond acceptors (Lipinski definition) is 4. The van der Waals surface area contributed by atoms with Gasteiger partial charge in [-0.25, -0.2) is 17.8 Å². The monoisotopic (exact) mass is 392 g/mol. The van der Waals surface area contributed by atoms with E-state index in [1.165, 1.54) is 18.2 Å². The van der Waals surface area contributed by atoms with Gasteiger partial charge in [-0.15, -0.1) is 0 Å². The quantitative estimate of drug-likeness (QED) is 0.755. The molecule has 2 aromatic rings. The molecule has 2 heterocycles. The molecule has 2 unspecified atom stereocenters. The van der Waals surface area contributed by atoms with Crippen LogP contribution in [0.5, 0.6) is 0 Å². The number of allylic oxidation sites excluding steroid dienone is 2. The van der Waals surface area contributed by atoms with Gasteiger partial charge in [-0.2, -0.15) is 0 Å². The number of nitrogens with zero attached hydrogens (tertiary/aromatic N) is 1. The van der Waals surface area contributed by atoms with Gasteiger partial charge in [0.15, 0.2) is 15.5 Å². The molecule has 1 aromatic heterocycles. The fraction of sp³-hybridized carbons (Fsp3) is 0.316. The van der Waals surface area contributed by atoms with E-state index in [-0.39, 0.29) is 22.3 Å². The number of benzene rings is 1. The number of rotatable bonds is 1. The zero-order chi connectivity index (χ0) is 18.5. The van der Waals surface area contributed by atoms with Gasteiger partial charge in [0.1, 0.15) is 0 Å². The van der Waals surface area contributed by atoms with Crippen LogP contribution in [0.25, 0.3) is 10.9 Å². The second kappa shape index (κ2) is 6.15. The molecule has 7 heteroatoms. The second-order valence-electron chi connectivity index (χ2n) is 6.81. The molecular weight excluding hydrogens is 375 g/mol. The molecule has 136 valence electrons. The summed E-state index contributed by atoms with van der Waals surface area (Å²) in [6.07, 6.45) is 4.18. The molecule has 1 aliphatic heterocycles. The molecule has 26 heavy (non-hydrogen) atoms. The molecule has 4 nitrogen and oxygen atoms in total. The van der Waals surface area contributed by atoms with E-state index in [1.807, 2.05) is 19.1 Å². The van der Waals surface area contributed by atoms with E-state index in [2.05, 4.69) is 10.3 Å². The molecule has 1 N–H and O–H groups in total. The minimum atomic E-state index is -3.51. The van der Waals surface area contributed by atoms with Gasteiger partial charge in [0, 0.05) is 24.4 Å². The van der Waals surface area contributed by atoms with Crippen LogP contribution in [0.2, 0.25) is 5.02 Å². The highest BCUT2D eigenvalue weighted by atomic mass is 35.5. The number of nitrogens with one attached hydrogen (secondary N) is 1. The van der Waals surface area contributed by atoms with E-state index in [0.29, 0.717) is 23.6 Å². The third-order valence-electron chi connectivity index (χ3n) is 4.87. The van der Waals surface area contributed by atoms with Crippen LogP contribution in [0.3, 0.4) is 0 Å². The lowest BCUT2D eigenvalue weighted by molar-refractivity contribution is 0.291. The number of hydrogen-bond donors (Lipinski definition) is 1. The predicted octanol–water partition coefficient (Wildman–Crippen LogP) is 3.45. The number of fused-ring (bicyclic) bond motifs is 2. The average Bonchev–Trinajstić information content (AvgIpc) is 2.74. The minimum absolute atomic E-state index is 0.0373. The summed E-state index contributed by atoms with van der Waals surface area (Å²) in [6, 6.07) is 7.05. The lowest BCUT2D eigenvalue weighted by Crippen LogP contribution is -2.27. The van der Waals surface area contributed by atoms with Gasteiger partial charge in [0.05, 0.1) is 26.9 Å². The Morgan fingerprint density at radius 2 is 2.15 bits per heavy atom. The van der Waals surface area contributed by atoms with E-state index >= 15 is 4.39 Å². The maximum absolute atomic E-state index is 15.8. The van der Waals surface area contributed by atoms with Crippen molar-refractivity contribution < 1.29 is 12.8 Å². The maximum Gasteiger partial charge on any atom is 0.190 e. The molecule has 1 aliphatic carbocycles. The fourth-order valence-corrected chi connectivity index (χ4v) is 5.32. The predicted molar refractivity (Wildman–Crippen MR) is 102 cm³/mol. The number of alkyl halides is 1. The van der Waals surface area contributed by atoms with Crippen molar-refractivity contribution in [2.45, 2.75) is 12.6 Å². The third kappa shape index (κ3) is 2.96. The Morgan fingerprint density at radius 3 is 2.96 bits per heavy atom. The van der Waals surface area contributed by atoms with Crippen LogP contribution in [-0.4, -0.2) is 32.2 Å². The third-order valence-corrected chi connectivity index (χ3v) is 7.06. The molecule has 2 atom stereocenters. The standard InChI is InChI=1S/C19H18ClFN2O2S/c1-12-2-3-16-14(8-12)15(20)9-18(23-16)19(21)5-4-13-11-22-6-7-26(24,25)17(13)10-19/h2-5,8-10,13,22H,6-7,11H2,1H3. The summed E-state index contributed by atoms with van der Waals surface area (Å²) in [6.45, 7) is 2.78. The molecule has 0 bridgehead atoms. The van der Waals surface area contributed by atoms with Crippen LogP contribution in [0.15, 0.2) is 47.4 Å². The molecule has 1 fully saturated rings. The van der Waals surface area contributed by atoms with Crippen LogP contribution in [0.4, 0.5) is 4.39 Å². The van der Waals surface area contributed by atoms with Gasteiger partial charge >= 0.3 is 0 Å². The van der Waals surface area contributed by atoms with Crippen LogP contribution in [0, 0.1) is 12.8 Å². The highest BCUT2D eigenvalue weighted by molar-refractivity contribution is 7.95. The first-order valence-corrected chi connectivity index (χ1v) is 10.4. The van der Waals surface area contributed by atoms with E-state index < -0.39 is 15.5 Å². The number of sulfone groups is 1. The Morgan fingerprint density at radius 1 is 1.35 bits per heavy atom. The van der Waals surface area contributed by atoms with Gasteiger partial charge in [-0.05, 0) is 37.3 Å². The molecule has 0 spiro atoms. The van der Waals surface area contributed by atoms with Gasteiger partial charge in [0.25, 0.3) is 0 Å². The van der Waals surface area contributed by atoms with Crippen LogP contribution in [0.1, 0.15) is 11.3 Å². The Kier molecular flexibility index (Phi) is 4.17. The summed E-state index contributed by atoms with van der Waals surface area (Å²) < 4.78 is 40.8. The highest BCUT2D eigenvalue weighted by Gasteiger charge is 2.39. The first-order chi connectivity index (χ1) is 12.3. The fourth-order valence-electron chi connectivity index (χ4n) is 3.44. The van der Waals surface area contributed by atoms with Crippen molar-refractivity contribution >= 4 is 32.3 Å². The Bertz CT molecular complexity index is 1060. The van der Waals surface area contributed by atoms with Crippen LogP contribution >= 0.6 is 11.6 Å². The zero-order valence-electron chi connectivity index (χ0n) is 14.2. The molecule has 0 radical (unpaired) electrons. The van der Waals surface area contributed by atoms with Crippen molar-refractivity contribution in [2.24, 2.45) is 5.92 Å². The number of halogens is 2. The molecule has 0 saturated carbocycles. The number of aryl methyl sites for hydroxylation is 1. The normalized spacial score (nSPS) is 27.7. The molecule has 1 saturated heterocycles. The minimum Gasteiger partial charge on any atom is -0.315 e. The summed E-state index contributed by atoms with van der Waals surface area (Å²) in [7, 11) is -3.51.